The first-order valence-electron chi connectivity index (χ1n) is 8.43. The number of rotatable bonds is 5. The molecule has 4 aliphatic carbocycles. The van der Waals surface area contributed by atoms with E-state index in [0.717, 1.165) is 44.2 Å². The highest BCUT2D eigenvalue weighted by Gasteiger charge is 2.58. The monoisotopic (exact) mass is 278 g/mol. The van der Waals surface area contributed by atoms with Crippen LogP contribution in [0.2, 0.25) is 0 Å². The average molecular weight is 278 g/mol. The van der Waals surface area contributed by atoms with Gasteiger partial charge in [0, 0.05) is 19.1 Å². The van der Waals surface area contributed by atoms with E-state index < -0.39 is 0 Å². The van der Waals surface area contributed by atoms with Crippen molar-refractivity contribution < 1.29 is 4.79 Å². The van der Waals surface area contributed by atoms with E-state index in [9.17, 15) is 4.79 Å². The van der Waals surface area contributed by atoms with Crippen molar-refractivity contribution in [1.82, 2.24) is 10.6 Å². The van der Waals surface area contributed by atoms with Crippen molar-refractivity contribution in [2.24, 2.45) is 22.7 Å². The lowest BCUT2D eigenvalue weighted by atomic mass is 9.44. The Balaban J connectivity index is 1.60. The summed E-state index contributed by atoms with van der Waals surface area (Å²) in [6, 6.07) is 0.491. The summed E-state index contributed by atoms with van der Waals surface area (Å²) in [5.41, 5.74) is 0.439. The summed E-state index contributed by atoms with van der Waals surface area (Å²) >= 11 is 0. The van der Waals surface area contributed by atoms with Crippen molar-refractivity contribution in [2.75, 3.05) is 13.1 Å². The Kier molecular flexibility index (Phi) is 3.60. The largest absolute Gasteiger partial charge is 0.354 e. The van der Waals surface area contributed by atoms with Crippen molar-refractivity contribution >= 4 is 5.91 Å². The Morgan fingerprint density at radius 3 is 2.35 bits per heavy atom. The number of nitrogens with one attached hydrogen (secondary N) is 2. The molecule has 0 aliphatic heterocycles. The first-order valence-corrected chi connectivity index (χ1v) is 8.43. The average Bonchev–Trinajstić information content (AvgIpc) is 2.31. The van der Waals surface area contributed by atoms with Crippen LogP contribution in [0.5, 0.6) is 0 Å². The Morgan fingerprint density at radius 2 is 1.80 bits per heavy atom. The number of amides is 1. The van der Waals surface area contributed by atoms with Gasteiger partial charge >= 0.3 is 0 Å². The second-order valence-electron chi connectivity index (χ2n) is 8.42. The first-order chi connectivity index (χ1) is 9.41. The molecule has 3 nitrogen and oxygen atoms in total. The normalized spacial score (nSPS) is 42.2. The van der Waals surface area contributed by atoms with Gasteiger partial charge in [0.15, 0.2) is 0 Å². The van der Waals surface area contributed by atoms with Crippen molar-refractivity contribution in [1.29, 1.82) is 0 Å². The molecule has 2 unspecified atom stereocenters. The lowest BCUT2D eigenvalue weighted by Gasteiger charge is -2.60. The van der Waals surface area contributed by atoms with Crippen molar-refractivity contribution in [2.45, 2.75) is 65.3 Å². The lowest BCUT2D eigenvalue weighted by molar-refractivity contribution is -0.155. The van der Waals surface area contributed by atoms with Crippen molar-refractivity contribution in [3.8, 4) is 0 Å². The topological polar surface area (TPSA) is 41.1 Å². The van der Waals surface area contributed by atoms with Crippen LogP contribution in [-0.4, -0.2) is 25.0 Å². The smallest absolute Gasteiger partial charge is 0.226 e. The summed E-state index contributed by atoms with van der Waals surface area (Å²) in [6.45, 7) is 8.35. The van der Waals surface area contributed by atoms with Gasteiger partial charge in [0.2, 0.25) is 5.91 Å². The minimum absolute atomic E-state index is 0.0172. The van der Waals surface area contributed by atoms with Crippen LogP contribution in [0.3, 0.4) is 0 Å². The lowest BCUT2D eigenvalue weighted by Crippen LogP contribution is -2.57. The molecule has 4 bridgehead atoms. The molecule has 20 heavy (non-hydrogen) atoms. The fourth-order valence-corrected chi connectivity index (χ4v) is 5.71. The molecule has 0 radical (unpaired) electrons. The van der Waals surface area contributed by atoms with E-state index >= 15 is 0 Å². The summed E-state index contributed by atoms with van der Waals surface area (Å²) in [5.74, 6) is 1.99. The second-order valence-corrected chi connectivity index (χ2v) is 8.42. The zero-order chi connectivity index (χ0) is 14.4. The SMILES string of the molecule is CC(C)NCCNC(=O)C12CC3CC(CC(C)(C3)C1)C2. The molecule has 0 aromatic carbocycles. The molecule has 4 fully saturated rings. The van der Waals surface area contributed by atoms with Crippen LogP contribution in [0.1, 0.15) is 59.3 Å². The van der Waals surface area contributed by atoms with Gasteiger partial charge in [-0.2, -0.15) is 0 Å². The molecule has 1 amide bonds. The minimum Gasteiger partial charge on any atom is -0.354 e. The molecule has 0 saturated heterocycles. The van der Waals surface area contributed by atoms with Crippen LogP contribution in [-0.2, 0) is 4.79 Å². The van der Waals surface area contributed by atoms with Gasteiger partial charge in [-0.3, -0.25) is 4.79 Å². The number of carbonyl (C=O) groups excluding carboxylic acids is 1. The molecule has 2 N–H and O–H groups in total. The summed E-state index contributed by atoms with van der Waals surface area (Å²) in [6.07, 6.45) is 7.57. The van der Waals surface area contributed by atoms with Crippen LogP contribution < -0.4 is 10.6 Å². The number of carbonyl (C=O) groups is 1. The van der Waals surface area contributed by atoms with E-state index in [1.165, 1.54) is 19.3 Å². The van der Waals surface area contributed by atoms with Crippen LogP contribution in [0, 0.1) is 22.7 Å². The molecule has 4 saturated carbocycles. The van der Waals surface area contributed by atoms with E-state index in [1.807, 2.05) is 0 Å². The highest BCUT2D eigenvalue weighted by Crippen LogP contribution is 2.65. The van der Waals surface area contributed by atoms with Gasteiger partial charge in [-0.25, -0.2) is 0 Å². The third-order valence-corrected chi connectivity index (χ3v) is 5.80. The summed E-state index contributed by atoms with van der Waals surface area (Å²) in [5, 5.41) is 6.58. The van der Waals surface area contributed by atoms with Crippen molar-refractivity contribution in [3.63, 3.8) is 0 Å². The first kappa shape index (κ1) is 14.4. The predicted molar refractivity (Wildman–Crippen MR) is 81.4 cm³/mol. The molecular weight excluding hydrogens is 248 g/mol. The molecule has 0 aromatic heterocycles. The molecule has 2 atom stereocenters. The fraction of sp³-hybridized carbons (Fsp3) is 0.941. The standard InChI is InChI=1S/C17H30N2O/c1-12(2)18-4-5-19-15(20)17-9-13-6-14(10-17)8-16(3,7-13)11-17/h12-14,18H,4-11H2,1-3H3,(H,19,20). The molecule has 3 heteroatoms. The predicted octanol–water partition coefficient (Wildman–Crippen LogP) is 2.71. The molecule has 0 spiro atoms. The van der Waals surface area contributed by atoms with Gasteiger partial charge in [-0.1, -0.05) is 20.8 Å². The minimum atomic E-state index is -0.0172. The molecule has 4 rings (SSSR count). The van der Waals surface area contributed by atoms with Gasteiger partial charge in [-0.05, 0) is 55.8 Å². The van der Waals surface area contributed by atoms with Gasteiger partial charge in [0.25, 0.3) is 0 Å². The van der Waals surface area contributed by atoms with E-state index in [0.29, 0.717) is 17.4 Å². The van der Waals surface area contributed by atoms with Crippen LogP contribution in [0.15, 0.2) is 0 Å². The summed E-state index contributed by atoms with van der Waals surface area (Å²) in [7, 11) is 0. The van der Waals surface area contributed by atoms with E-state index in [4.69, 9.17) is 0 Å². The summed E-state index contributed by atoms with van der Waals surface area (Å²) < 4.78 is 0. The third-order valence-electron chi connectivity index (χ3n) is 5.80. The Bertz CT molecular complexity index is 376. The van der Waals surface area contributed by atoms with Gasteiger partial charge in [0.1, 0.15) is 0 Å². The third kappa shape index (κ3) is 2.61. The molecule has 114 valence electrons. The number of hydrogen-bond donors (Lipinski definition) is 2. The Hall–Kier alpha value is -0.570. The molecule has 4 aliphatic rings. The molecule has 0 aromatic rings. The van der Waals surface area contributed by atoms with E-state index in [-0.39, 0.29) is 5.41 Å². The Labute approximate surface area is 123 Å². The Morgan fingerprint density at radius 1 is 1.15 bits per heavy atom. The maximum atomic E-state index is 12.7. The highest BCUT2D eigenvalue weighted by molar-refractivity contribution is 5.83. The zero-order valence-electron chi connectivity index (χ0n) is 13.3. The van der Waals surface area contributed by atoms with Crippen LogP contribution in [0.25, 0.3) is 0 Å². The highest BCUT2D eigenvalue weighted by atomic mass is 16.2. The van der Waals surface area contributed by atoms with E-state index in [2.05, 4.69) is 31.4 Å². The van der Waals surface area contributed by atoms with Crippen LogP contribution >= 0.6 is 0 Å². The quantitative estimate of drug-likeness (QED) is 0.759. The maximum absolute atomic E-state index is 12.7. The maximum Gasteiger partial charge on any atom is 0.226 e. The van der Waals surface area contributed by atoms with Gasteiger partial charge in [-0.15, -0.1) is 0 Å². The zero-order valence-corrected chi connectivity index (χ0v) is 13.3. The fourth-order valence-electron chi connectivity index (χ4n) is 5.71. The van der Waals surface area contributed by atoms with E-state index in [1.54, 1.807) is 0 Å². The van der Waals surface area contributed by atoms with Gasteiger partial charge < -0.3 is 10.6 Å². The number of hydrogen-bond acceptors (Lipinski definition) is 2. The van der Waals surface area contributed by atoms with Crippen LogP contribution in [0.4, 0.5) is 0 Å². The molecular formula is C17H30N2O. The summed E-state index contributed by atoms with van der Waals surface area (Å²) in [4.78, 5) is 12.7. The van der Waals surface area contributed by atoms with Gasteiger partial charge in [0.05, 0.1) is 5.41 Å². The second kappa shape index (κ2) is 5.01. The molecule has 0 heterocycles. The van der Waals surface area contributed by atoms with Crippen molar-refractivity contribution in [3.05, 3.63) is 0 Å².